The summed E-state index contributed by atoms with van der Waals surface area (Å²) in [7, 11) is 0. The molecule has 0 radical (unpaired) electrons. The Morgan fingerprint density at radius 3 is 2.29 bits per heavy atom. The molecule has 2 N–H and O–H groups in total. The highest BCUT2D eigenvalue weighted by molar-refractivity contribution is 6.33. The van der Waals surface area contributed by atoms with Crippen molar-refractivity contribution in [3.63, 3.8) is 0 Å². The summed E-state index contributed by atoms with van der Waals surface area (Å²) in [5.74, 6) is -0.203. The SMILES string of the molecule is CCC(=O)Nc1ccc(Cl)c(NC(=O)CC)c1. The lowest BCUT2D eigenvalue weighted by molar-refractivity contribution is -0.116. The third-order valence-corrected chi connectivity index (χ3v) is 2.50. The number of rotatable bonds is 4. The van der Waals surface area contributed by atoms with Crippen molar-refractivity contribution in [3.8, 4) is 0 Å². The fraction of sp³-hybridized carbons (Fsp3) is 0.333. The van der Waals surface area contributed by atoms with E-state index in [4.69, 9.17) is 11.6 Å². The number of hydrogen-bond donors (Lipinski definition) is 2. The molecule has 1 aromatic rings. The van der Waals surface area contributed by atoms with Gasteiger partial charge in [-0.15, -0.1) is 0 Å². The van der Waals surface area contributed by atoms with Crippen LogP contribution in [-0.2, 0) is 9.59 Å². The molecule has 5 heteroatoms. The second kappa shape index (κ2) is 6.25. The Morgan fingerprint density at radius 1 is 1.12 bits per heavy atom. The second-order valence-electron chi connectivity index (χ2n) is 3.50. The molecule has 0 spiro atoms. The Morgan fingerprint density at radius 2 is 1.71 bits per heavy atom. The van der Waals surface area contributed by atoms with Gasteiger partial charge in [-0.25, -0.2) is 0 Å². The molecular weight excluding hydrogens is 240 g/mol. The zero-order valence-corrected chi connectivity index (χ0v) is 10.6. The molecule has 1 rings (SSSR count). The predicted octanol–water partition coefficient (Wildman–Crippen LogP) is 3.04. The minimum Gasteiger partial charge on any atom is -0.326 e. The average Bonchev–Trinajstić information content (AvgIpc) is 2.33. The van der Waals surface area contributed by atoms with Crippen molar-refractivity contribution >= 4 is 34.8 Å². The van der Waals surface area contributed by atoms with Crippen molar-refractivity contribution in [3.05, 3.63) is 23.2 Å². The zero-order valence-electron chi connectivity index (χ0n) is 9.84. The van der Waals surface area contributed by atoms with Crippen LogP contribution in [0.5, 0.6) is 0 Å². The normalized spacial score (nSPS) is 9.82. The summed E-state index contributed by atoms with van der Waals surface area (Å²) in [6.45, 7) is 3.52. The quantitative estimate of drug-likeness (QED) is 0.868. The number of nitrogens with one attached hydrogen (secondary N) is 2. The smallest absolute Gasteiger partial charge is 0.224 e. The molecule has 0 aliphatic rings. The number of hydrogen-bond acceptors (Lipinski definition) is 2. The van der Waals surface area contributed by atoms with Crippen molar-refractivity contribution in [2.75, 3.05) is 10.6 Å². The monoisotopic (exact) mass is 254 g/mol. The Hall–Kier alpha value is -1.55. The molecule has 1 aromatic carbocycles. The number of benzene rings is 1. The molecule has 0 aliphatic heterocycles. The lowest BCUT2D eigenvalue weighted by atomic mass is 10.2. The van der Waals surface area contributed by atoms with Gasteiger partial charge in [-0.2, -0.15) is 0 Å². The number of halogens is 1. The maximum Gasteiger partial charge on any atom is 0.224 e. The van der Waals surface area contributed by atoms with Gasteiger partial charge in [0.2, 0.25) is 11.8 Å². The van der Waals surface area contributed by atoms with Crippen LogP contribution in [0.4, 0.5) is 11.4 Å². The van der Waals surface area contributed by atoms with Crippen LogP contribution in [-0.4, -0.2) is 11.8 Å². The molecule has 0 bridgehead atoms. The summed E-state index contributed by atoms with van der Waals surface area (Å²) >= 11 is 5.94. The standard InChI is InChI=1S/C12H15ClN2O2/c1-3-11(16)14-8-5-6-9(13)10(7-8)15-12(17)4-2/h5-7H,3-4H2,1-2H3,(H,14,16)(H,15,17). The van der Waals surface area contributed by atoms with E-state index < -0.39 is 0 Å². The number of carbonyl (C=O) groups excluding carboxylic acids is 2. The van der Waals surface area contributed by atoms with Crippen LogP contribution in [0.3, 0.4) is 0 Å². The molecule has 2 amide bonds. The van der Waals surface area contributed by atoms with Gasteiger partial charge in [0.1, 0.15) is 0 Å². The maximum atomic E-state index is 11.3. The van der Waals surface area contributed by atoms with Gasteiger partial charge in [0, 0.05) is 18.5 Å². The molecule has 0 heterocycles. The van der Waals surface area contributed by atoms with E-state index in [0.29, 0.717) is 29.2 Å². The highest BCUT2D eigenvalue weighted by Gasteiger charge is 2.06. The average molecular weight is 255 g/mol. The highest BCUT2D eigenvalue weighted by atomic mass is 35.5. The van der Waals surface area contributed by atoms with Crippen molar-refractivity contribution in [2.45, 2.75) is 26.7 Å². The number of anilines is 2. The summed E-state index contributed by atoms with van der Waals surface area (Å²) in [4.78, 5) is 22.5. The minimum absolute atomic E-state index is 0.0832. The Bertz CT molecular complexity index is 433. The molecule has 0 atom stereocenters. The van der Waals surface area contributed by atoms with Crippen LogP contribution in [0.15, 0.2) is 18.2 Å². The topological polar surface area (TPSA) is 58.2 Å². The maximum absolute atomic E-state index is 11.3. The molecule has 4 nitrogen and oxygen atoms in total. The summed E-state index contributed by atoms with van der Waals surface area (Å²) in [6, 6.07) is 4.97. The lowest BCUT2D eigenvalue weighted by Gasteiger charge is -2.09. The summed E-state index contributed by atoms with van der Waals surface area (Å²) in [5, 5.41) is 5.82. The zero-order chi connectivity index (χ0) is 12.8. The minimum atomic E-state index is -0.120. The first-order valence-electron chi connectivity index (χ1n) is 5.46. The fourth-order valence-electron chi connectivity index (χ4n) is 1.19. The summed E-state index contributed by atoms with van der Waals surface area (Å²) < 4.78 is 0. The van der Waals surface area contributed by atoms with Gasteiger partial charge < -0.3 is 10.6 Å². The number of amides is 2. The first-order valence-corrected chi connectivity index (χ1v) is 5.83. The van der Waals surface area contributed by atoms with Crippen LogP contribution < -0.4 is 10.6 Å². The molecular formula is C12H15ClN2O2. The molecule has 0 fully saturated rings. The molecule has 0 aromatic heterocycles. The summed E-state index contributed by atoms with van der Waals surface area (Å²) in [6.07, 6.45) is 0.779. The van der Waals surface area contributed by atoms with Crippen LogP contribution in [0.2, 0.25) is 5.02 Å². The van der Waals surface area contributed by atoms with Crippen LogP contribution in [0.1, 0.15) is 26.7 Å². The molecule has 0 saturated carbocycles. The van der Waals surface area contributed by atoms with Crippen molar-refractivity contribution < 1.29 is 9.59 Å². The Balaban J connectivity index is 2.86. The van der Waals surface area contributed by atoms with E-state index in [0.717, 1.165) is 0 Å². The predicted molar refractivity (Wildman–Crippen MR) is 69.3 cm³/mol. The van der Waals surface area contributed by atoms with Gasteiger partial charge in [0.25, 0.3) is 0 Å². The van der Waals surface area contributed by atoms with E-state index in [-0.39, 0.29) is 11.8 Å². The lowest BCUT2D eigenvalue weighted by Crippen LogP contribution is -2.12. The van der Waals surface area contributed by atoms with Crippen LogP contribution >= 0.6 is 11.6 Å². The third kappa shape index (κ3) is 4.07. The van der Waals surface area contributed by atoms with E-state index >= 15 is 0 Å². The van der Waals surface area contributed by atoms with Gasteiger partial charge in [-0.05, 0) is 18.2 Å². The van der Waals surface area contributed by atoms with Gasteiger partial charge >= 0.3 is 0 Å². The van der Waals surface area contributed by atoms with E-state index in [1.165, 1.54) is 0 Å². The molecule has 0 unspecified atom stereocenters. The van der Waals surface area contributed by atoms with E-state index in [1.54, 1.807) is 32.0 Å². The van der Waals surface area contributed by atoms with Gasteiger partial charge in [-0.1, -0.05) is 25.4 Å². The van der Waals surface area contributed by atoms with E-state index in [1.807, 2.05) is 0 Å². The molecule has 0 saturated heterocycles. The Kier molecular flexibility index (Phi) is 4.97. The van der Waals surface area contributed by atoms with Crippen LogP contribution in [0, 0.1) is 0 Å². The Labute approximate surface area is 105 Å². The van der Waals surface area contributed by atoms with Crippen molar-refractivity contribution in [1.82, 2.24) is 0 Å². The largest absolute Gasteiger partial charge is 0.326 e. The van der Waals surface area contributed by atoms with Crippen molar-refractivity contribution in [2.24, 2.45) is 0 Å². The summed E-state index contributed by atoms with van der Waals surface area (Å²) in [5.41, 5.74) is 1.13. The second-order valence-corrected chi connectivity index (χ2v) is 3.91. The van der Waals surface area contributed by atoms with Gasteiger partial charge in [0.05, 0.1) is 10.7 Å². The highest BCUT2D eigenvalue weighted by Crippen LogP contribution is 2.25. The van der Waals surface area contributed by atoms with E-state index in [9.17, 15) is 9.59 Å². The first kappa shape index (κ1) is 13.5. The third-order valence-electron chi connectivity index (χ3n) is 2.17. The van der Waals surface area contributed by atoms with Crippen LogP contribution in [0.25, 0.3) is 0 Å². The fourth-order valence-corrected chi connectivity index (χ4v) is 1.35. The first-order chi connectivity index (χ1) is 8.06. The van der Waals surface area contributed by atoms with E-state index in [2.05, 4.69) is 10.6 Å². The van der Waals surface area contributed by atoms with Crippen molar-refractivity contribution in [1.29, 1.82) is 0 Å². The molecule has 92 valence electrons. The molecule has 0 aliphatic carbocycles. The van der Waals surface area contributed by atoms with Gasteiger partial charge in [-0.3, -0.25) is 9.59 Å². The number of carbonyl (C=O) groups is 2. The molecule has 17 heavy (non-hydrogen) atoms. The van der Waals surface area contributed by atoms with Gasteiger partial charge in [0.15, 0.2) is 0 Å².